The number of fused-ring (bicyclic) bond motifs is 3. The van der Waals surface area contributed by atoms with Gasteiger partial charge in [-0.3, -0.25) is 18.8 Å². The Bertz CT molecular complexity index is 1610. The smallest absolute Gasteiger partial charge is 0.333 e. The van der Waals surface area contributed by atoms with Gasteiger partial charge in [-0.15, -0.1) is 0 Å². The molecule has 9 heteroatoms. The minimum absolute atomic E-state index is 0.165. The maximum Gasteiger partial charge on any atom is 0.333 e. The summed E-state index contributed by atoms with van der Waals surface area (Å²) < 4.78 is 19.2. The molecule has 0 aliphatic heterocycles. The molecule has 0 saturated carbocycles. The standard InChI is InChI=1S/C24H24FN7O/c1-6-26-19-10-16(11-28-23(19)25)15-7-8-18-17(9-15)22-20(12-27-18)30(4)24(33)32(22)21-13(2)29-31(5)14(21)3/h7-12,26H,6H2,1-5H3. The third-order valence-corrected chi connectivity index (χ3v) is 6.12. The van der Waals surface area contributed by atoms with Crippen molar-refractivity contribution in [1.82, 2.24) is 28.9 Å². The average molecular weight is 446 g/mol. The Morgan fingerprint density at radius 2 is 1.85 bits per heavy atom. The molecular formula is C24H24FN7O. The number of anilines is 1. The van der Waals surface area contributed by atoms with Gasteiger partial charge in [0.2, 0.25) is 5.95 Å². The predicted octanol–water partition coefficient (Wildman–Crippen LogP) is 3.86. The quantitative estimate of drug-likeness (QED) is 0.425. The summed E-state index contributed by atoms with van der Waals surface area (Å²) in [6.07, 6.45) is 3.23. The van der Waals surface area contributed by atoms with Crippen LogP contribution in [0.5, 0.6) is 0 Å². The number of aromatic nitrogens is 6. The van der Waals surface area contributed by atoms with Gasteiger partial charge in [-0.2, -0.15) is 9.49 Å². The minimum Gasteiger partial charge on any atom is -0.382 e. The zero-order valence-electron chi connectivity index (χ0n) is 19.1. The summed E-state index contributed by atoms with van der Waals surface area (Å²) in [4.78, 5) is 21.8. The van der Waals surface area contributed by atoms with Crippen LogP contribution >= 0.6 is 0 Å². The predicted molar refractivity (Wildman–Crippen MR) is 127 cm³/mol. The molecule has 4 aromatic heterocycles. The Morgan fingerprint density at radius 1 is 1.06 bits per heavy atom. The van der Waals surface area contributed by atoms with Gasteiger partial charge in [-0.25, -0.2) is 9.78 Å². The van der Waals surface area contributed by atoms with Gasteiger partial charge in [-0.05, 0) is 44.5 Å². The average Bonchev–Trinajstić information content (AvgIpc) is 3.20. The molecule has 0 unspecified atom stereocenters. The van der Waals surface area contributed by atoms with Crippen molar-refractivity contribution in [3.05, 3.63) is 64.5 Å². The second-order valence-corrected chi connectivity index (χ2v) is 8.14. The van der Waals surface area contributed by atoms with E-state index in [0.29, 0.717) is 12.2 Å². The summed E-state index contributed by atoms with van der Waals surface area (Å²) in [5.74, 6) is -0.537. The molecule has 0 fully saturated rings. The molecule has 0 amide bonds. The molecule has 0 radical (unpaired) electrons. The van der Waals surface area contributed by atoms with Crippen molar-refractivity contribution in [3.63, 3.8) is 0 Å². The monoisotopic (exact) mass is 445 g/mol. The number of halogens is 1. The summed E-state index contributed by atoms with van der Waals surface area (Å²) in [6, 6.07) is 7.56. The lowest BCUT2D eigenvalue weighted by atomic mass is 10.0. The molecule has 168 valence electrons. The van der Waals surface area contributed by atoms with E-state index >= 15 is 0 Å². The maximum atomic E-state index is 14.1. The van der Waals surface area contributed by atoms with Crippen molar-refractivity contribution in [1.29, 1.82) is 0 Å². The molecular weight excluding hydrogens is 421 g/mol. The number of hydrogen-bond donors (Lipinski definition) is 1. The Labute approximate surface area is 189 Å². The fourth-order valence-corrected chi connectivity index (χ4v) is 4.39. The minimum atomic E-state index is -0.537. The van der Waals surface area contributed by atoms with Crippen LogP contribution in [0.15, 0.2) is 41.5 Å². The number of aryl methyl sites for hydroxylation is 3. The van der Waals surface area contributed by atoms with Crippen molar-refractivity contribution in [2.75, 3.05) is 11.9 Å². The summed E-state index contributed by atoms with van der Waals surface area (Å²) in [7, 11) is 3.61. The van der Waals surface area contributed by atoms with Crippen LogP contribution in [-0.2, 0) is 14.1 Å². The highest BCUT2D eigenvalue weighted by Gasteiger charge is 2.21. The van der Waals surface area contributed by atoms with E-state index < -0.39 is 5.95 Å². The lowest BCUT2D eigenvalue weighted by Gasteiger charge is -2.10. The number of imidazole rings is 1. The number of hydrogen-bond acceptors (Lipinski definition) is 5. The third-order valence-electron chi connectivity index (χ3n) is 6.12. The van der Waals surface area contributed by atoms with Gasteiger partial charge in [0.15, 0.2) is 0 Å². The SMILES string of the molecule is CCNc1cc(-c2ccc3ncc4c(c3c2)n(-c2c(C)nn(C)c2C)c(=O)n4C)cnc1F. The van der Waals surface area contributed by atoms with E-state index in [1.807, 2.05) is 46.0 Å². The zero-order chi connectivity index (χ0) is 23.4. The molecule has 0 aliphatic rings. The molecule has 0 bridgehead atoms. The van der Waals surface area contributed by atoms with Gasteiger partial charge in [0, 0.05) is 37.8 Å². The lowest BCUT2D eigenvalue weighted by molar-refractivity contribution is 0.587. The first-order chi connectivity index (χ1) is 15.8. The topological polar surface area (TPSA) is 82.6 Å². The molecule has 0 aliphatic carbocycles. The van der Waals surface area contributed by atoms with Crippen molar-refractivity contribution in [2.24, 2.45) is 14.1 Å². The lowest BCUT2D eigenvalue weighted by Crippen LogP contribution is -2.21. The van der Waals surface area contributed by atoms with Gasteiger partial charge in [0.05, 0.1) is 45.5 Å². The molecule has 0 spiro atoms. The van der Waals surface area contributed by atoms with Gasteiger partial charge < -0.3 is 5.32 Å². The zero-order valence-corrected chi connectivity index (χ0v) is 19.1. The Kier molecular flexibility index (Phi) is 4.77. The van der Waals surface area contributed by atoms with E-state index in [1.54, 1.807) is 33.1 Å². The van der Waals surface area contributed by atoms with Crippen LogP contribution in [0, 0.1) is 19.8 Å². The molecule has 4 heterocycles. The summed E-state index contributed by atoms with van der Waals surface area (Å²) in [5.41, 5.74) is 6.47. The highest BCUT2D eigenvalue weighted by molar-refractivity contribution is 6.04. The summed E-state index contributed by atoms with van der Waals surface area (Å²) in [5, 5.41) is 8.33. The van der Waals surface area contributed by atoms with E-state index in [1.165, 1.54) is 6.20 Å². The van der Waals surface area contributed by atoms with Crippen LogP contribution in [0.2, 0.25) is 0 Å². The van der Waals surface area contributed by atoms with Gasteiger partial charge in [0.25, 0.3) is 0 Å². The van der Waals surface area contributed by atoms with Crippen LogP contribution in [0.3, 0.4) is 0 Å². The number of nitrogens with one attached hydrogen (secondary N) is 1. The summed E-state index contributed by atoms with van der Waals surface area (Å²) >= 11 is 0. The van der Waals surface area contributed by atoms with Crippen LogP contribution in [-0.4, -0.2) is 35.4 Å². The number of pyridine rings is 2. The van der Waals surface area contributed by atoms with Crippen LogP contribution in [0.1, 0.15) is 18.3 Å². The highest BCUT2D eigenvalue weighted by Crippen LogP contribution is 2.31. The van der Waals surface area contributed by atoms with Crippen molar-refractivity contribution >= 4 is 27.6 Å². The first-order valence-electron chi connectivity index (χ1n) is 10.7. The highest BCUT2D eigenvalue weighted by atomic mass is 19.1. The fraction of sp³-hybridized carbons (Fsp3) is 0.250. The molecule has 1 aromatic carbocycles. The van der Waals surface area contributed by atoms with Gasteiger partial charge in [-0.1, -0.05) is 6.07 Å². The Morgan fingerprint density at radius 3 is 2.55 bits per heavy atom. The van der Waals surface area contributed by atoms with Crippen molar-refractivity contribution < 1.29 is 4.39 Å². The van der Waals surface area contributed by atoms with Crippen molar-refractivity contribution in [3.8, 4) is 16.8 Å². The summed E-state index contributed by atoms with van der Waals surface area (Å²) in [6.45, 7) is 6.34. The normalized spacial score (nSPS) is 11.6. The molecule has 1 N–H and O–H groups in total. The number of nitrogens with zero attached hydrogens (tertiary/aromatic N) is 6. The van der Waals surface area contributed by atoms with Crippen LogP contribution in [0.4, 0.5) is 10.1 Å². The number of benzene rings is 1. The maximum absolute atomic E-state index is 14.1. The van der Waals surface area contributed by atoms with E-state index in [0.717, 1.165) is 50.1 Å². The Balaban J connectivity index is 1.84. The van der Waals surface area contributed by atoms with E-state index in [2.05, 4.69) is 20.4 Å². The number of rotatable bonds is 4. The van der Waals surface area contributed by atoms with E-state index in [4.69, 9.17) is 0 Å². The second-order valence-electron chi connectivity index (χ2n) is 8.14. The second kappa shape index (κ2) is 7.54. The van der Waals surface area contributed by atoms with Gasteiger partial charge >= 0.3 is 5.69 Å². The first-order valence-corrected chi connectivity index (χ1v) is 10.7. The molecule has 5 rings (SSSR count). The molecule has 33 heavy (non-hydrogen) atoms. The molecule has 0 atom stereocenters. The first kappa shape index (κ1) is 20.9. The fourth-order valence-electron chi connectivity index (χ4n) is 4.39. The van der Waals surface area contributed by atoms with E-state index in [9.17, 15) is 9.18 Å². The van der Waals surface area contributed by atoms with Crippen molar-refractivity contribution in [2.45, 2.75) is 20.8 Å². The van der Waals surface area contributed by atoms with Gasteiger partial charge in [0.1, 0.15) is 0 Å². The Hall–Kier alpha value is -4.01. The van der Waals surface area contributed by atoms with Crippen LogP contribution < -0.4 is 11.0 Å². The van der Waals surface area contributed by atoms with E-state index in [-0.39, 0.29) is 5.69 Å². The molecule has 5 aromatic rings. The largest absolute Gasteiger partial charge is 0.382 e. The van der Waals surface area contributed by atoms with Crippen LogP contribution in [0.25, 0.3) is 38.8 Å². The molecule has 8 nitrogen and oxygen atoms in total. The molecule has 0 saturated heterocycles. The third kappa shape index (κ3) is 3.11.